The first kappa shape index (κ1) is 18.2. The van der Waals surface area contributed by atoms with Crippen molar-refractivity contribution in [1.29, 1.82) is 0 Å². The van der Waals surface area contributed by atoms with Gasteiger partial charge < -0.3 is 5.11 Å². The Morgan fingerprint density at radius 1 is 1.33 bits per heavy atom. The van der Waals surface area contributed by atoms with E-state index in [0.29, 0.717) is 6.07 Å². The first-order valence-corrected chi connectivity index (χ1v) is 7.83. The number of hydrogen-bond donors (Lipinski definition) is 2. The van der Waals surface area contributed by atoms with E-state index < -0.39 is 38.8 Å². The van der Waals surface area contributed by atoms with Crippen LogP contribution in [0.4, 0.5) is 13.2 Å². The first-order valence-electron chi connectivity index (χ1n) is 5.97. The van der Waals surface area contributed by atoms with Crippen LogP contribution < -0.4 is 4.72 Å². The number of benzene rings is 1. The zero-order valence-corrected chi connectivity index (χ0v) is 12.9. The Hall–Kier alpha value is -0.830. The summed E-state index contributed by atoms with van der Waals surface area (Å²) in [7, 11) is -4.46. The van der Waals surface area contributed by atoms with Crippen molar-refractivity contribution in [2.24, 2.45) is 0 Å². The van der Waals surface area contributed by atoms with Gasteiger partial charge in [-0.25, -0.2) is 13.1 Å². The van der Waals surface area contributed by atoms with E-state index in [1.165, 1.54) is 6.92 Å². The Balaban J connectivity index is 3.39. The molecule has 1 atom stereocenters. The van der Waals surface area contributed by atoms with Crippen LogP contribution in [-0.2, 0) is 16.2 Å². The van der Waals surface area contributed by atoms with Crippen molar-refractivity contribution in [3.63, 3.8) is 0 Å². The second kappa shape index (κ2) is 6.12. The Morgan fingerprint density at radius 2 is 1.90 bits per heavy atom. The van der Waals surface area contributed by atoms with E-state index in [0.717, 1.165) is 12.1 Å². The lowest BCUT2D eigenvalue weighted by molar-refractivity contribution is -0.139. The van der Waals surface area contributed by atoms with Gasteiger partial charge in [0.05, 0.1) is 22.6 Å². The van der Waals surface area contributed by atoms with Crippen molar-refractivity contribution < 1.29 is 26.7 Å². The van der Waals surface area contributed by atoms with E-state index in [1.807, 2.05) is 0 Å². The summed E-state index contributed by atoms with van der Waals surface area (Å²) in [5.41, 5.74) is -2.60. The maximum Gasteiger partial charge on any atom is 0.417 e. The molecule has 0 aliphatic rings. The highest BCUT2D eigenvalue weighted by atomic mass is 35.5. The number of aliphatic hydroxyl groups excluding tert-OH is 1. The molecule has 0 bridgehead atoms. The number of alkyl halides is 3. The molecule has 21 heavy (non-hydrogen) atoms. The normalized spacial score (nSPS) is 15.8. The van der Waals surface area contributed by atoms with E-state index in [9.17, 15) is 26.7 Å². The van der Waals surface area contributed by atoms with Crippen LogP contribution in [0.25, 0.3) is 0 Å². The van der Waals surface area contributed by atoms with Crippen LogP contribution in [0.2, 0.25) is 5.02 Å². The minimum atomic E-state index is -4.86. The smallest absolute Gasteiger partial charge is 0.394 e. The van der Waals surface area contributed by atoms with Gasteiger partial charge in [-0.15, -0.1) is 0 Å². The molecule has 4 nitrogen and oxygen atoms in total. The lowest BCUT2D eigenvalue weighted by atomic mass is 10.0. The highest BCUT2D eigenvalue weighted by Crippen LogP contribution is 2.36. The Kier molecular flexibility index (Phi) is 5.31. The number of halogens is 4. The predicted molar refractivity (Wildman–Crippen MR) is 72.6 cm³/mol. The highest BCUT2D eigenvalue weighted by molar-refractivity contribution is 7.89. The summed E-state index contributed by atoms with van der Waals surface area (Å²) in [5, 5.41) is 8.98. The van der Waals surface area contributed by atoms with Crippen LogP contribution in [-0.4, -0.2) is 25.7 Å². The fourth-order valence-electron chi connectivity index (χ4n) is 1.55. The lowest BCUT2D eigenvalue weighted by Crippen LogP contribution is -2.48. The zero-order valence-electron chi connectivity index (χ0n) is 11.3. The van der Waals surface area contributed by atoms with E-state index >= 15 is 0 Å². The topological polar surface area (TPSA) is 66.4 Å². The Labute approximate surface area is 126 Å². The highest BCUT2D eigenvalue weighted by Gasteiger charge is 2.39. The fourth-order valence-corrected chi connectivity index (χ4v) is 3.40. The second-order valence-corrected chi connectivity index (χ2v) is 6.90. The number of rotatable bonds is 5. The summed E-state index contributed by atoms with van der Waals surface area (Å²) >= 11 is 5.51. The van der Waals surface area contributed by atoms with Gasteiger partial charge >= 0.3 is 6.18 Å². The molecule has 1 unspecified atom stereocenters. The van der Waals surface area contributed by atoms with Crippen molar-refractivity contribution in [2.75, 3.05) is 6.61 Å². The fraction of sp³-hybridized carbons (Fsp3) is 0.500. The molecule has 0 saturated carbocycles. The largest absolute Gasteiger partial charge is 0.417 e. The van der Waals surface area contributed by atoms with E-state index in [2.05, 4.69) is 4.72 Å². The molecule has 0 spiro atoms. The van der Waals surface area contributed by atoms with E-state index in [-0.39, 0.29) is 11.4 Å². The molecular formula is C12H15ClF3NO3S. The van der Waals surface area contributed by atoms with Gasteiger partial charge in [0.1, 0.15) is 0 Å². The third-order valence-electron chi connectivity index (χ3n) is 3.05. The standard InChI is InChI=1S/C12H15ClF3NO3S/c1-3-11(2,7-18)17-21(19,20)10-5-4-8(13)6-9(10)12(14,15)16/h4-6,17-18H,3,7H2,1-2H3. The zero-order chi connectivity index (χ0) is 16.5. The van der Waals surface area contributed by atoms with Crippen molar-refractivity contribution >= 4 is 21.6 Å². The molecular weight excluding hydrogens is 331 g/mol. The molecule has 2 N–H and O–H groups in total. The summed E-state index contributed by atoms with van der Waals surface area (Å²) in [4.78, 5) is -0.924. The van der Waals surface area contributed by atoms with Gasteiger partial charge in [0.15, 0.2) is 0 Å². The average molecular weight is 346 g/mol. The summed E-state index contributed by atoms with van der Waals surface area (Å²) in [5.74, 6) is 0. The van der Waals surface area contributed by atoms with Crippen LogP contribution >= 0.6 is 11.6 Å². The van der Waals surface area contributed by atoms with Crippen LogP contribution in [0.3, 0.4) is 0 Å². The van der Waals surface area contributed by atoms with Gasteiger partial charge in [-0.3, -0.25) is 0 Å². The quantitative estimate of drug-likeness (QED) is 0.862. The maximum atomic E-state index is 13.0. The van der Waals surface area contributed by atoms with Gasteiger partial charge in [0, 0.05) is 5.02 Å². The molecule has 0 heterocycles. The van der Waals surface area contributed by atoms with Gasteiger partial charge in [-0.2, -0.15) is 13.2 Å². The predicted octanol–water partition coefficient (Wildman–Crippen LogP) is 2.80. The Morgan fingerprint density at radius 3 is 2.33 bits per heavy atom. The van der Waals surface area contributed by atoms with Gasteiger partial charge in [0.25, 0.3) is 0 Å². The van der Waals surface area contributed by atoms with Crippen LogP contribution in [0, 0.1) is 0 Å². The molecule has 0 saturated heterocycles. The van der Waals surface area contributed by atoms with E-state index in [4.69, 9.17) is 11.6 Å². The van der Waals surface area contributed by atoms with Gasteiger partial charge in [-0.1, -0.05) is 18.5 Å². The van der Waals surface area contributed by atoms with Crippen LogP contribution in [0.15, 0.2) is 23.1 Å². The molecule has 1 rings (SSSR count). The van der Waals surface area contributed by atoms with Crippen LogP contribution in [0.1, 0.15) is 25.8 Å². The number of sulfonamides is 1. The molecule has 0 aliphatic carbocycles. The summed E-state index contributed by atoms with van der Waals surface area (Å²) in [6.45, 7) is 2.46. The molecule has 0 aromatic heterocycles. The Bertz CT molecular complexity index is 613. The summed E-state index contributed by atoms with van der Waals surface area (Å²) < 4.78 is 65.3. The number of aliphatic hydroxyl groups is 1. The molecule has 9 heteroatoms. The molecule has 120 valence electrons. The molecule has 0 amide bonds. The summed E-state index contributed by atoms with van der Waals surface area (Å²) in [6, 6.07) is 2.41. The van der Waals surface area contributed by atoms with Gasteiger partial charge in [-0.05, 0) is 31.5 Å². The second-order valence-electron chi connectivity index (χ2n) is 4.82. The van der Waals surface area contributed by atoms with Gasteiger partial charge in [0.2, 0.25) is 10.0 Å². The molecule has 0 fully saturated rings. The number of hydrogen-bond acceptors (Lipinski definition) is 3. The van der Waals surface area contributed by atoms with Crippen molar-refractivity contribution in [1.82, 2.24) is 4.72 Å². The molecule has 0 aliphatic heterocycles. The third-order valence-corrected chi connectivity index (χ3v) is 4.98. The van der Waals surface area contributed by atoms with Crippen molar-refractivity contribution in [3.05, 3.63) is 28.8 Å². The number of nitrogens with one attached hydrogen (secondary N) is 1. The molecule has 1 aromatic carbocycles. The average Bonchev–Trinajstić information content (AvgIpc) is 2.36. The molecule has 1 aromatic rings. The third kappa shape index (κ3) is 4.32. The summed E-state index contributed by atoms with van der Waals surface area (Å²) in [6.07, 6.45) is -4.66. The van der Waals surface area contributed by atoms with Crippen LogP contribution in [0.5, 0.6) is 0 Å². The van der Waals surface area contributed by atoms with Crippen molar-refractivity contribution in [2.45, 2.75) is 36.9 Å². The first-order chi connectivity index (χ1) is 9.45. The lowest BCUT2D eigenvalue weighted by Gasteiger charge is -2.27. The van der Waals surface area contributed by atoms with E-state index in [1.54, 1.807) is 6.92 Å². The monoisotopic (exact) mass is 345 g/mol. The minimum absolute atomic E-state index is 0.206. The SMILES string of the molecule is CCC(C)(CO)NS(=O)(=O)c1ccc(Cl)cc1C(F)(F)F. The van der Waals surface area contributed by atoms with Crippen molar-refractivity contribution in [3.8, 4) is 0 Å². The minimum Gasteiger partial charge on any atom is -0.394 e. The molecule has 0 radical (unpaired) electrons. The maximum absolute atomic E-state index is 13.0.